The van der Waals surface area contributed by atoms with Crippen molar-refractivity contribution in [2.75, 3.05) is 19.6 Å². The van der Waals surface area contributed by atoms with Crippen LogP contribution in [0.3, 0.4) is 0 Å². The lowest BCUT2D eigenvalue weighted by molar-refractivity contribution is -0.117. The maximum absolute atomic E-state index is 11.9. The number of carbonyl (C=O) groups excluding carboxylic acids is 1. The van der Waals surface area contributed by atoms with E-state index >= 15 is 0 Å². The number of piperidine rings is 1. The molecule has 0 amide bonds. The fraction of sp³-hybridized carbons (Fsp3) is 0.357. The zero-order chi connectivity index (χ0) is 13.1. The molecule has 0 N–H and O–H groups in total. The van der Waals surface area contributed by atoms with E-state index in [4.69, 9.17) is 23.2 Å². The van der Waals surface area contributed by atoms with Crippen LogP contribution in [0.4, 0.5) is 0 Å². The monoisotopic (exact) mass is 283 g/mol. The van der Waals surface area contributed by atoms with E-state index in [-0.39, 0.29) is 5.78 Å². The molecule has 18 heavy (non-hydrogen) atoms. The van der Waals surface area contributed by atoms with Crippen LogP contribution >= 0.6 is 23.2 Å². The van der Waals surface area contributed by atoms with Crippen LogP contribution in [-0.4, -0.2) is 30.3 Å². The Labute approximate surface area is 117 Å². The minimum Gasteiger partial charge on any atom is -0.299 e. The van der Waals surface area contributed by atoms with Gasteiger partial charge in [-0.15, -0.1) is 0 Å². The van der Waals surface area contributed by atoms with Crippen LogP contribution < -0.4 is 0 Å². The van der Waals surface area contributed by atoms with Crippen molar-refractivity contribution in [3.63, 3.8) is 0 Å². The zero-order valence-corrected chi connectivity index (χ0v) is 11.8. The van der Waals surface area contributed by atoms with Gasteiger partial charge in [0, 0.05) is 25.1 Å². The smallest absolute Gasteiger partial charge is 0.161 e. The predicted octanol–water partition coefficient (Wildman–Crippen LogP) is 3.67. The van der Waals surface area contributed by atoms with Gasteiger partial charge < -0.3 is 0 Å². The molecule has 0 atom stereocenters. The Bertz CT molecular complexity index is 497. The van der Waals surface area contributed by atoms with Gasteiger partial charge in [-0.1, -0.05) is 36.2 Å². The van der Waals surface area contributed by atoms with Gasteiger partial charge in [-0.3, -0.25) is 9.69 Å². The summed E-state index contributed by atoms with van der Waals surface area (Å²) in [6, 6.07) is 5.41. The van der Waals surface area contributed by atoms with Crippen molar-refractivity contribution < 1.29 is 4.79 Å². The highest BCUT2D eigenvalue weighted by molar-refractivity contribution is 6.42. The highest BCUT2D eigenvalue weighted by atomic mass is 35.5. The number of Topliss-reactive ketones (excluding diaryl/α,β-unsaturated/α-hetero) is 1. The van der Waals surface area contributed by atoms with E-state index in [1.807, 2.05) is 12.1 Å². The number of benzene rings is 1. The fourth-order valence-electron chi connectivity index (χ4n) is 2.03. The zero-order valence-electron chi connectivity index (χ0n) is 10.2. The first-order valence-corrected chi connectivity index (χ1v) is 6.77. The lowest BCUT2D eigenvalue weighted by atomic mass is 10.0. The number of likely N-dealkylation sites (tertiary alicyclic amines) is 1. The van der Waals surface area contributed by atoms with E-state index < -0.39 is 0 Å². The number of ketones is 1. The van der Waals surface area contributed by atoms with Crippen LogP contribution in [0.5, 0.6) is 0 Å². The first-order chi connectivity index (χ1) is 8.60. The largest absolute Gasteiger partial charge is 0.299 e. The van der Waals surface area contributed by atoms with Crippen molar-refractivity contribution >= 4 is 35.1 Å². The summed E-state index contributed by atoms with van der Waals surface area (Å²) < 4.78 is 0. The number of likely N-dealkylation sites (N-methyl/N-ethyl adjacent to an activating group) is 1. The first-order valence-electron chi connectivity index (χ1n) is 6.01. The van der Waals surface area contributed by atoms with Gasteiger partial charge in [-0.2, -0.15) is 0 Å². The molecule has 96 valence electrons. The standard InChI is InChI=1S/C14H15Cl2NO/c1-2-17-6-5-14(18)11(9-17)7-10-3-4-12(15)13(16)8-10/h3-4,7-8H,2,5-6,9H2,1H3/b11-7+. The van der Waals surface area contributed by atoms with Gasteiger partial charge in [0.1, 0.15) is 0 Å². The summed E-state index contributed by atoms with van der Waals surface area (Å²) >= 11 is 11.8. The van der Waals surface area contributed by atoms with E-state index in [1.54, 1.807) is 12.1 Å². The summed E-state index contributed by atoms with van der Waals surface area (Å²) in [6.07, 6.45) is 2.51. The van der Waals surface area contributed by atoms with Gasteiger partial charge in [0.05, 0.1) is 10.0 Å². The number of hydrogen-bond acceptors (Lipinski definition) is 2. The van der Waals surface area contributed by atoms with Crippen LogP contribution in [0.2, 0.25) is 10.0 Å². The summed E-state index contributed by atoms with van der Waals surface area (Å²) in [5, 5.41) is 1.05. The number of nitrogens with zero attached hydrogens (tertiary/aromatic N) is 1. The van der Waals surface area contributed by atoms with Crippen LogP contribution in [0, 0.1) is 0 Å². The van der Waals surface area contributed by atoms with Gasteiger partial charge in [0.15, 0.2) is 5.78 Å². The Kier molecular flexibility index (Phi) is 4.44. The molecule has 2 nitrogen and oxygen atoms in total. The first kappa shape index (κ1) is 13.6. The summed E-state index contributed by atoms with van der Waals surface area (Å²) in [6.45, 7) is 4.64. The van der Waals surface area contributed by atoms with Crippen molar-refractivity contribution in [3.8, 4) is 0 Å². The van der Waals surface area contributed by atoms with E-state index in [1.165, 1.54) is 0 Å². The van der Waals surface area contributed by atoms with Crippen molar-refractivity contribution in [1.29, 1.82) is 0 Å². The minimum atomic E-state index is 0.228. The highest BCUT2D eigenvalue weighted by Crippen LogP contribution is 2.24. The van der Waals surface area contributed by atoms with E-state index in [2.05, 4.69) is 11.8 Å². The second-order valence-corrected chi connectivity index (χ2v) is 5.20. The second kappa shape index (κ2) is 5.87. The molecule has 0 spiro atoms. The molecule has 1 heterocycles. The molecular weight excluding hydrogens is 269 g/mol. The Balaban J connectivity index is 2.24. The Morgan fingerprint density at radius 2 is 2.11 bits per heavy atom. The molecule has 1 aliphatic heterocycles. The van der Waals surface area contributed by atoms with Gasteiger partial charge in [-0.25, -0.2) is 0 Å². The van der Waals surface area contributed by atoms with Gasteiger partial charge in [0.25, 0.3) is 0 Å². The maximum Gasteiger partial charge on any atom is 0.161 e. The van der Waals surface area contributed by atoms with E-state index in [0.29, 0.717) is 16.5 Å². The molecule has 1 aromatic carbocycles. The molecule has 0 radical (unpaired) electrons. The summed E-state index contributed by atoms with van der Waals surface area (Å²) in [7, 11) is 0. The van der Waals surface area contributed by atoms with E-state index in [9.17, 15) is 4.79 Å². The SMILES string of the molecule is CCN1CCC(=O)/C(=C/c2ccc(Cl)c(Cl)c2)C1. The average molecular weight is 284 g/mol. The summed E-state index contributed by atoms with van der Waals surface area (Å²) in [5.41, 5.74) is 1.77. The minimum absolute atomic E-state index is 0.228. The predicted molar refractivity (Wildman–Crippen MR) is 76.2 cm³/mol. The highest BCUT2D eigenvalue weighted by Gasteiger charge is 2.19. The van der Waals surface area contributed by atoms with Crippen molar-refractivity contribution in [3.05, 3.63) is 39.4 Å². The lowest BCUT2D eigenvalue weighted by Crippen LogP contribution is -2.35. The van der Waals surface area contributed by atoms with Crippen LogP contribution in [0.25, 0.3) is 6.08 Å². The van der Waals surface area contributed by atoms with Crippen LogP contribution in [0.1, 0.15) is 18.9 Å². The number of carbonyl (C=O) groups is 1. The van der Waals surface area contributed by atoms with Crippen LogP contribution in [-0.2, 0) is 4.79 Å². The third kappa shape index (κ3) is 3.14. The number of rotatable bonds is 2. The summed E-state index contributed by atoms with van der Waals surface area (Å²) in [5.74, 6) is 0.228. The van der Waals surface area contributed by atoms with Gasteiger partial charge in [-0.05, 0) is 30.3 Å². The molecule has 1 fully saturated rings. The molecular formula is C14H15Cl2NO. The average Bonchev–Trinajstić information content (AvgIpc) is 2.36. The topological polar surface area (TPSA) is 20.3 Å². The Morgan fingerprint density at radius 1 is 1.33 bits per heavy atom. The molecule has 1 aromatic rings. The molecule has 0 aliphatic carbocycles. The third-order valence-electron chi connectivity index (χ3n) is 3.14. The van der Waals surface area contributed by atoms with Crippen molar-refractivity contribution in [1.82, 2.24) is 4.90 Å². The van der Waals surface area contributed by atoms with Gasteiger partial charge >= 0.3 is 0 Å². The maximum atomic E-state index is 11.9. The van der Waals surface area contributed by atoms with Crippen LogP contribution in [0.15, 0.2) is 23.8 Å². The Hall–Kier alpha value is -0.830. The normalized spacial score (nSPS) is 19.5. The van der Waals surface area contributed by atoms with Crippen molar-refractivity contribution in [2.45, 2.75) is 13.3 Å². The molecule has 1 aliphatic rings. The molecule has 0 unspecified atom stereocenters. The molecule has 4 heteroatoms. The molecule has 0 aromatic heterocycles. The quantitative estimate of drug-likeness (QED) is 0.772. The second-order valence-electron chi connectivity index (χ2n) is 4.39. The van der Waals surface area contributed by atoms with E-state index in [0.717, 1.165) is 30.8 Å². The number of hydrogen-bond donors (Lipinski definition) is 0. The number of halogens is 2. The lowest BCUT2D eigenvalue weighted by Gasteiger charge is -2.26. The fourth-order valence-corrected chi connectivity index (χ4v) is 2.33. The van der Waals surface area contributed by atoms with Gasteiger partial charge in [0.2, 0.25) is 0 Å². The molecule has 0 saturated carbocycles. The molecule has 2 rings (SSSR count). The summed E-state index contributed by atoms with van der Waals surface area (Å²) in [4.78, 5) is 14.1. The molecule has 0 bridgehead atoms. The van der Waals surface area contributed by atoms with Crippen molar-refractivity contribution in [2.24, 2.45) is 0 Å². The third-order valence-corrected chi connectivity index (χ3v) is 3.88. The Morgan fingerprint density at radius 3 is 2.78 bits per heavy atom. The molecule has 1 saturated heterocycles.